The van der Waals surface area contributed by atoms with E-state index in [0.29, 0.717) is 25.1 Å². The number of nitrogens with two attached hydrogens (primary N) is 1. The number of para-hydroxylation sites is 1. The molecule has 194 valence electrons. The van der Waals surface area contributed by atoms with E-state index in [1.54, 1.807) is 0 Å². The van der Waals surface area contributed by atoms with E-state index in [2.05, 4.69) is 42.2 Å². The fourth-order valence-corrected chi connectivity index (χ4v) is 4.53. The summed E-state index contributed by atoms with van der Waals surface area (Å²) in [5.74, 6) is 4.45. The Labute approximate surface area is 221 Å². The number of benzene rings is 3. The molecule has 0 unspecified atom stereocenters. The minimum Gasteiger partial charge on any atom is -0.457 e. The third kappa shape index (κ3) is 5.93. The predicted molar refractivity (Wildman–Crippen MR) is 144 cm³/mol. The molecule has 10 nitrogen and oxygen atoms in total. The monoisotopic (exact) mass is 511 g/mol. The van der Waals surface area contributed by atoms with Gasteiger partial charge in [-0.2, -0.15) is 15.0 Å². The van der Waals surface area contributed by atoms with Crippen LogP contribution in [0.2, 0.25) is 0 Å². The van der Waals surface area contributed by atoms with Gasteiger partial charge in [-0.15, -0.1) is 0 Å². The number of anilines is 3. The Morgan fingerprint density at radius 3 is 2.26 bits per heavy atom. The molecule has 4 aromatic rings. The molecule has 3 heterocycles. The number of hydrogen-bond donors (Lipinski definition) is 2. The number of fused-ring (bicyclic) bond motifs is 1. The first-order valence-electron chi connectivity index (χ1n) is 12.6. The Balaban J connectivity index is 1.02. The van der Waals surface area contributed by atoms with Gasteiger partial charge < -0.3 is 25.3 Å². The van der Waals surface area contributed by atoms with E-state index < -0.39 is 0 Å². The van der Waals surface area contributed by atoms with E-state index in [4.69, 9.17) is 19.9 Å². The van der Waals surface area contributed by atoms with Gasteiger partial charge in [0.05, 0.1) is 6.54 Å². The molecule has 38 heavy (non-hydrogen) atoms. The number of aromatic nitrogens is 3. The van der Waals surface area contributed by atoms with Crippen molar-refractivity contribution in [3.05, 3.63) is 84.2 Å². The molecule has 0 saturated carbocycles. The van der Waals surface area contributed by atoms with Gasteiger partial charge >= 0.3 is 0 Å². The number of nitrogens with one attached hydrogen (secondary N) is 1. The van der Waals surface area contributed by atoms with Crippen LogP contribution >= 0.6 is 0 Å². The molecule has 3 aromatic carbocycles. The SMILES string of the molecule is Nc1nc(CN2CCN(Cc3ccc4c(c3)OCO4)CC2)nc(Nc2ccc(Oc3ccccc3)cc2)n1. The van der Waals surface area contributed by atoms with Gasteiger partial charge in [-0.25, -0.2) is 0 Å². The standard InChI is InChI=1S/C28H29N7O3/c29-27-31-26(18-35-14-12-34(13-15-35)17-20-6-11-24-25(16-20)37-19-36-24)32-28(33-27)30-21-7-9-23(10-8-21)38-22-4-2-1-3-5-22/h1-11,16H,12-15,17-19H2,(H3,29,30,31,32,33). The zero-order chi connectivity index (χ0) is 25.7. The highest BCUT2D eigenvalue weighted by atomic mass is 16.7. The van der Waals surface area contributed by atoms with E-state index in [0.717, 1.165) is 61.4 Å². The lowest BCUT2D eigenvalue weighted by Crippen LogP contribution is -2.45. The Bertz CT molecular complexity index is 1380. The van der Waals surface area contributed by atoms with Crippen LogP contribution in [-0.2, 0) is 13.1 Å². The molecule has 10 heteroatoms. The lowest BCUT2D eigenvalue weighted by molar-refractivity contribution is 0.120. The number of hydrogen-bond acceptors (Lipinski definition) is 10. The summed E-state index contributed by atoms with van der Waals surface area (Å²) in [4.78, 5) is 18.0. The zero-order valence-corrected chi connectivity index (χ0v) is 20.9. The minimum atomic E-state index is 0.197. The largest absolute Gasteiger partial charge is 0.457 e. The third-order valence-corrected chi connectivity index (χ3v) is 6.46. The molecule has 1 fully saturated rings. The van der Waals surface area contributed by atoms with E-state index in [1.165, 1.54) is 5.56 Å². The Hall–Kier alpha value is -4.41. The summed E-state index contributed by atoms with van der Waals surface area (Å²) in [5, 5.41) is 3.22. The highest BCUT2D eigenvalue weighted by Gasteiger charge is 2.20. The first-order valence-corrected chi connectivity index (χ1v) is 12.6. The second-order valence-corrected chi connectivity index (χ2v) is 9.24. The van der Waals surface area contributed by atoms with Crippen molar-refractivity contribution in [1.82, 2.24) is 24.8 Å². The summed E-state index contributed by atoms with van der Waals surface area (Å²) in [6, 6.07) is 23.4. The topological polar surface area (TPSA) is 111 Å². The lowest BCUT2D eigenvalue weighted by Gasteiger charge is -2.34. The zero-order valence-electron chi connectivity index (χ0n) is 20.9. The molecule has 2 aliphatic heterocycles. The van der Waals surface area contributed by atoms with Crippen molar-refractivity contribution in [2.45, 2.75) is 13.1 Å². The van der Waals surface area contributed by atoms with Crippen molar-refractivity contribution in [2.75, 3.05) is 44.0 Å². The highest BCUT2D eigenvalue weighted by molar-refractivity contribution is 5.55. The summed E-state index contributed by atoms with van der Waals surface area (Å²) in [7, 11) is 0. The second kappa shape index (κ2) is 10.9. The minimum absolute atomic E-state index is 0.197. The van der Waals surface area contributed by atoms with E-state index >= 15 is 0 Å². The fraction of sp³-hybridized carbons (Fsp3) is 0.250. The smallest absolute Gasteiger partial charge is 0.232 e. The molecule has 1 aromatic heterocycles. The maximum absolute atomic E-state index is 6.01. The first kappa shape index (κ1) is 24.0. The summed E-state index contributed by atoms with van der Waals surface area (Å²) in [5.41, 5.74) is 8.06. The molecular weight excluding hydrogens is 482 g/mol. The molecule has 0 spiro atoms. The molecule has 2 aliphatic rings. The van der Waals surface area contributed by atoms with Gasteiger partial charge in [-0.1, -0.05) is 24.3 Å². The Morgan fingerprint density at radius 2 is 1.47 bits per heavy atom. The van der Waals surface area contributed by atoms with Gasteiger partial charge in [0.25, 0.3) is 0 Å². The normalized spacial score (nSPS) is 15.4. The van der Waals surface area contributed by atoms with Crippen LogP contribution < -0.4 is 25.3 Å². The van der Waals surface area contributed by atoms with Gasteiger partial charge in [0, 0.05) is 38.4 Å². The average Bonchev–Trinajstić information content (AvgIpc) is 3.39. The third-order valence-electron chi connectivity index (χ3n) is 6.46. The van der Waals surface area contributed by atoms with Gasteiger partial charge in [-0.3, -0.25) is 9.80 Å². The molecule has 6 rings (SSSR count). The van der Waals surface area contributed by atoms with Gasteiger partial charge in [0.2, 0.25) is 18.7 Å². The van der Waals surface area contributed by atoms with E-state index in [-0.39, 0.29) is 5.95 Å². The first-order chi connectivity index (χ1) is 18.7. The molecular formula is C28H29N7O3. The maximum Gasteiger partial charge on any atom is 0.232 e. The van der Waals surface area contributed by atoms with Crippen molar-refractivity contribution in [3.63, 3.8) is 0 Å². The van der Waals surface area contributed by atoms with Gasteiger partial charge in [-0.05, 0) is 54.1 Å². The fourth-order valence-electron chi connectivity index (χ4n) is 4.53. The van der Waals surface area contributed by atoms with Crippen LogP contribution in [0, 0.1) is 0 Å². The molecule has 0 atom stereocenters. The number of piperazine rings is 1. The van der Waals surface area contributed by atoms with Gasteiger partial charge in [0.1, 0.15) is 17.3 Å². The molecule has 0 amide bonds. The van der Waals surface area contributed by atoms with Crippen LogP contribution in [0.5, 0.6) is 23.0 Å². The quantitative estimate of drug-likeness (QED) is 0.360. The Morgan fingerprint density at radius 1 is 0.763 bits per heavy atom. The molecule has 0 radical (unpaired) electrons. The van der Waals surface area contributed by atoms with Crippen molar-refractivity contribution >= 4 is 17.6 Å². The summed E-state index contributed by atoms with van der Waals surface area (Å²) in [6.45, 7) is 5.54. The van der Waals surface area contributed by atoms with Crippen molar-refractivity contribution in [2.24, 2.45) is 0 Å². The molecule has 0 bridgehead atoms. The van der Waals surface area contributed by atoms with Crippen LogP contribution in [0.1, 0.15) is 11.4 Å². The van der Waals surface area contributed by atoms with E-state index in [9.17, 15) is 0 Å². The maximum atomic E-state index is 6.01. The number of nitrogens with zero attached hydrogens (tertiary/aromatic N) is 5. The highest BCUT2D eigenvalue weighted by Crippen LogP contribution is 2.33. The van der Waals surface area contributed by atoms with Crippen molar-refractivity contribution in [3.8, 4) is 23.0 Å². The number of ether oxygens (including phenoxy) is 3. The summed E-state index contributed by atoms with van der Waals surface area (Å²) in [6.07, 6.45) is 0. The second-order valence-electron chi connectivity index (χ2n) is 9.24. The van der Waals surface area contributed by atoms with Gasteiger partial charge in [0.15, 0.2) is 11.5 Å². The molecule has 0 aliphatic carbocycles. The average molecular weight is 512 g/mol. The van der Waals surface area contributed by atoms with Crippen molar-refractivity contribution < 1.29 is 14.2 Å². The summed E-state index contributed by atoms with van der Waals surface area (Å²) < 4.78 is 16.8. The van der Waals surface area contributed by atoms with Crippen LogP contribution in [0.4, 0.5) is 17.6 Å². The van der Waals surface area contributed by atoms with Crippen LogP contribution in [-0.4, -0.2) is 57.7 Å². The van der Waals surface area contributed by atoms with Crippen molar-refractivity contribution in [1.29, 1.82) is 0 Å². The van der Waals surface area contributed by atoms with Crippen LogP contribution in [0.15, 0.2) is 72.8 Å². The number of nitrogen functional groups attached to an aromatic ring is 1. The predicted octanol–water partition coefficient (Wildman–Crippen LogP) is 4.04. The molecule has 1 saturated heterocycles. The van der Waals surface area contributed by atoms with Crippen LogP contribution in [0.25, 0.3) is 0 Å². The van der Waals surface area contributed by atoms with Crippen LogP contribution in [0.3, 0.4) is 0 Å². The Kier molecular flexibility index (Phi) is 6.88. The number of rotatable bonds is 8. The lowest BCUT2D eigenvalue weighted by atomic mass is 10.1. The molecule has 3 N–H and O–H groups in total. The van der Waals surface area contributed by atoms with E-state index in [1.807, 2.05) is 60.7 Å². The summed E-state index contributed by atoms with van der Waals surface area (Å²) >= 11 is 0.